The number of esters is 2. The lowest BCUT2D eigenvalue weighted by atomic mass is 9.86. The maximum Gasteiger partial charge on any atom is 0.338 e. The number of carbonyl (C=O) groups excluding carboxylic acids is 2. The van der Waals surface area contributed by atoms with Gasteiger partial charge in [-0.3, -0.25) is 9.69 Å². The monoisotopic (exact) mass is 302 g/mol. The summed E-state index contributed by atoms with van der Waals surface area (Å²) in [7, 11) is 3.42. The lowest BCUT2D eigenvalue weighted by molar-refractivity contribution is -0.156. The van der Waals surface area contributed by atoms with Gasteiger partial charge in [-0.2, -0.15) is 0 Å². The van der Waals surface area contributed by atoms with Crippen LogP contribution in [-0.2, 0) is 14.3 Å². The Balaban J connectivity index is 1.79. The van der Waals surface area contributed by atoms with E-state index >= 15 is 0 Å². The Hall–Kier alpha value is -1.88. The van der Waals surface area contributed by atoms with Crippen LogP contribution in [0.2, 0.25) is 0 Å². The Morgan fingerprint density at radius 3 is 2.59 bits per heavy atom. The number of fused-ring (bicyclic) bond motifs is 2. The third kappa shape index (κ3) is 2.61. The molecular formula is C17H21NO4. The number of nitrogens with zero attached hydrogens (tertiary/aromatic N) is 1. The van der Waals surface area contributed by atoms with Crippen LogP contribution in [-0.4, -0.2) is 49.2 Å². The molecular weight excluding hydrogens is 281 g/mol. The van der Waals surface area contributed by atoms with E-state index < -0.39 is 12.0 Å². The number of rotatable bonds is 3. The van der Waals surface area contributed by atoms with Gasteiger partial charge in [0, 0.05) is 18.5 Å². The maximum absolute atomic E-state index is 12.3. The fourth-order valence-electron chi connectivity index (χ4n) is 3.77. The fraction of sp³-hybridized carbons (Fsp3) is 0.529. The normalized spacial score (nSPS) is 30.8. The molecule has 2 aliphatic heterocycles. The first-order valence-electron chi connectivity index (χ1n) is 7.67. The molecule has 3 rings (SSSR count). The van der Waals surface area contributed by atoms with Crippen molar-refractivity contribution in [2.75, 3.05) is 14.2 Å². The molecule has 2 unspecified atom stereocenters. The van der Waals surface area contributed by atoms with E-state index in [2.05, 4.69) is 4.90 Å². The second kappa shape index (κ2) is 6.08. The Morgan fingerprint density at radius 1 is 1.18 bits per heavy atom. The predicted molar refractivity (Wildman–Crippen MR) is 80.3 cm³/mol. The summed E-state index contributed by atoms with van der Waals surface area (Å²) in [4.78, 5) is 26.7. The molecule has 4 atom stereocenters. The second-order valence-corrected chi connectivity index (χ2v) is 6.06. The molecule has 2 heterocycles. The topological polar surface area (TPSA) is 55.8 Å². The van der Waals surface area contributed by atoms with Crippen LogP contribution in [0, 0.1) is 5.92 Å². The van der Waals surface area contributed by atoms with Crippen molar-refractivity contribution >= 4 is 11.9 Å². The van der Waals surface area contributed by atoms with Gasteiger partial charge in [0.25, 0.3) is 0 Å². The van der Waals surface area contributed by atoms with Gasteiger partial charge < -0.3 is 9.47 Å². The van der Waals surface area contributed by atoms with E-state index in [1.165, 1.54) is 7.11 Å². The summed E-state index contributed by atoms with van der Waals surface area (Å²) in [6, 6.07) is 9.36. The van der Waals surface area contributed by atoms with Gasteiger partial charge in [-0.05, 0) is 32.0 Å². The summed E-state index contributed by atoms with van der Waals surface area (Å²) in [6.45, 7) is 0. The van der Waals surface area contributed by atoms with Gasteiger partial charge in [0.2, 0.25) is 0 Å². The molecule has 0 aliphatic carbocycles. The molecule has 0 amide bonds. The number of methoxy groups -OCH3 is 1. The molecule has 1 aromatic rings. The quantitative estimate of drug-likeness (QED) is 0.798. The average molecular weight is 302 g/mol. The van der Waals surface area contributed by atoms with Crippen LogP contribution in [0.3, 0.4) is 0 Å². The minimum absolute atomic E-state index is 0.0970. The Kier molecular flexibility index (Phi) is 4.16. The molecule has 5 heteroatoms. The van der Waals surface area contributed by atoms with Gasteiger partial charge in [-0.1, -0.05) is 18.2 Å². The summed E-state index contributed by atoms with van der Waals surface area (Å²) in [5.74, 6) is -1.06. The van der Waals surface area contributed by atoms with E-state index in [1.54, 1.807) is 24.3 Å². The number of piperidine rings is 1. The van der Waals surface area contributed by atoms with Crippen LogP contribution in [0.4, 0.5) is 0 Å². The van der Waals surface area contributed by atoms with Gasteiger partial charge >= 0.3 is 11.9 Å². The van der Waals surface area contributed by atoms with Crippen molar-refractivity contribution in [3.63, 3.8) is 0 Å². The van der Waals surface area contributed by atoms with Crippen LogP contribution in [0.5, 0.6) is 0 Å². The molecule has 0 spiro atoms. The largest absolute Gasteiger partial charge is 0.469 e. The highest BCUT2D eigenvalue weighted by Crippen LogP contribution is 2.40. The van der Waals surface area contributed by atoms with E-state index in [-0.39, 0.29) is 18.0 Å². The van der Waals surface area contributed by atoms with E-state index in [0.717, 1.165) is 12.8 Å². The van der Waals surface area contributed by atoms with Crippen LogP contribution < -0.4 is 0 Å². The summed E-state index contributed by atoms with van der Waals surface area (Å²) < 4.78 is 10.6. The SMILES string of the molecule is COC(=O)[C@@H]1C2CCC(C[C@@H]1OC(=O)c1ccccc1)N2[11CH3]. The lowest BCUT2D eigenvalue weighted by Gasteiger charge is -2.40. The molecule has 0 aromatic heterocycles. The molecule has 2 bridgehead atoms. The zero-order valence-corrected chi connectivity index (χ0v) is 12.9. The molecule has 5 nitrogen and oxygen atoms in total. The summed E-state index contributed by atoms with van der Waals surface area (Å²) in [5, 5.41) is 0. The summed E-state index contributed by atoms with van der Waals surface area (Å²) in [6.07, 6.45) is 2.26. The molecule has 0 radical (unpaired) electrons. The van der Waals surface area contributed by atoms with Crippen molar-refractivity contribution in [1.29, 1.82) is 0 Å². The Morgan fingerprint density at radius 2 is 1.91 bits per heavy atom. The zero-order valence-electron chi connectivity index (χ0n) is 12.9. The van der Waals surface area contributed by atoms with E-state index in [4.69, 9.17) is 9.47 Å². The molecule has 118 valence electrons. The maximum atomic E-state index is 12.3. The first kappa shape index (κ1) is 15.0. The zero-order chi connectivity index (χ0) is 15.7. The predicted octanol–water partition coefficient (Wildman–Crippen LogP) is 1.87. The van der Waals surface area contributed by atoms with Crippen molar-refractivity contribution in [2.24, 2.45) is 5.92 Å². The van der Waals surface area contributed by atoms with Crippen molar-refractivity contribution in [3.05, 3.63) is 35.9 Å². The van der Waals surface area contributed by atoms with Gasteiger partial charge in [0.1, 0.15) is 12.0 Å². The van der Waals surface area contributed by atoms with Crippen LogP contribution in [0.1, 0.15) is 29.6 Å². The van der Waals surface area contributed by atoms with Crippen molar-refractivity contribution in [3.8, 4) is 0 Å². The van der Waals surface area contributed by atoms with Crippen LogP contribution >= 0.6 is 0 Å². The first-order chi connectivity index (χ1) is 10.6. The van der Waals surface area contributed by atoms with Gasteiger partial charge in [-0.15, -0.1) is 0 Å². The standard InChI is InChI=1S/C17H21NO4/c1-18-12-8-9-13(18)15(17(20)21-2)14(10-12)22-16(19)11-6-4-3-5-7-11/h3-7,12-15H,8-10H2,1-2H3/t12?,13?,14-,15+/m0/s1/i1-1. The lowest BCUT2D eigenvalue weighted by Crippen LogP contribution is -2.53. The average Bonchev–Trinajstić information content (AvgIpc) is 2.78. The summed E-state index contributed by atoms with van der Waals surface area (Å²) >= 11 is 0. The number of ether oxygens (including phenoxy) is 2. The molecule has 22 heavy (non-hydrogen) atoms. The first-order valence-corrected chi connectivity index (χ1v) is 7.67. The number of benzene rings is 1. The molecule has 2 fully saturated rings. The minimum Gasteiger partial charge on any atom is -0.469 e. The molecule has 2 saturated heterocycles. The highest BCUT2D eigenvalue weighted by Gasteiger charge is 2.50. The van der Waals surface area contributed by atoms with Crippen molar-refractivity contribution in [2.45, 2.75) is 37.5 Å². The fourth-order valence-corrected chi connectivity index (χ4v) is 3.77. The third-order valence-corrected chi connectivity index (χ3v) is 4.96. The van der Waals surface area contributed by atoms with Crippen molar-refractivity contribution in [1.82, 2.24) is 4.90 Å². The summed E-state index contributed by atoms with van der Waals surface area (Å²) in [5.41, 5.74) is 0.511. The number of carbonyl (C=O) groups is 2. The highest BCUT2D eigenvalue weighted by molar-refractivity contribution is 5.89. The Bertz CT molecular complexity index is 559. The van der Waals surface area contributed by atoms with E-state index in [0.29, 0.717) is 18.0 Å². The van der Waals surface area contributed by atoms with E-state index in [9.17, 15) is 9.59 Å². The van der Waals surface area contributed by atoms with Crippen LogP contribution in [0.15, 0.2) is 30.3 Å². The number of hydrogen-bond acceptors (Lipinski definition) is 5. The van der Waals surface area contributed by atoms with Gasteiger partial charge in [-0.25, -0.2) is 4.79 Å². The third-order valence-electron chi connectivity index (χ3n) is 4.96. The second-order valence-electron chi connectivity index (χ2n) is 6.06. The minimum atomic E-state index is -0.408. The molecule has 1 aromatic carbocycles. The highest BCUT2D eigenvalue weighted by atomic mass is 16.6. The molecule has 0 saturated carbocycles. The Labute approximate surface area is 130 Å². The van der Waals surface area contributed by atoms with Crippen LogP contribution in [0.25, 0.3) is 0 Å². The molecule has 2 aliphatic rings. The van der Waals surface area contributed by atoms with Gasteiger partial charge in [0.05, 0.1) is 12.7 Å². The van der Waals surface area contributed by atoms with Gasteiger partial charge in [0.15, 0.2) is 0 Å². The van der Waals surface area contributed by atoms with Crippen molar-refractivity contribution < 1.29 is 19.1 Å². The molecule has 0 N–H and O–H groups in total. The smallest absolute Gasteiger partial charge is 0.338 e. The number of hydrogen-bond donors (Lipinski definition) is 0. The van der Waals surface area contributed by atoms with E-state index in [1.807, 2.05) is 13.1 Å².